The van der Waals surface area contributed by atoms with Crippen LogP contribution >= 0.6 is 23.1 Å². The number of nitrogens with zero attached hydrogens (tertiary/aromatic N) is 2. The van der Waals surface area contributed by atoms with Crippen LogP contribution in [0, 0.1) is 5.82 Å². The number of nitrogens with one attached hydrogen (secondary N) is 1. The topological polar surface area (TPSA) is 64.0 Å². The van der Waals surface area contributed by atoms with Crippen LogP contribution in [-0.2, 0) is 17.8 Å². The first kappa shape index (κ1) is 20.3. The number of aryl methyl sites for hydroxylation is 1. The Morgan fingerprint density at radius 1 is 1.10 bits per heavy atom. The van der Waals surface area contributed by atoms with E-state index in [2.05, 4.69) is 10.3 Å². The third kappa shape index (κ3) is 4.77. The van der Waals surface area contributed by atoms with E-state index in [4.69, 9.17) is 0 Å². The molecule has 4 rings (SSSR count). The van der Waals surface area contributed by atoms with Crippen LogP contribution in [0.4, 0.5) is 10.1 Å². The highest BCUT2D eigenvalue weighted by molar-refractivity contribution is 7.99. The summed E-state index contributed by atoms with van der Waals surface area (Å²) in [6, 6.07) is 17.3. The van der Waals surface area contributed by atoms with E-state index in [1.54, 1.807) is 4.57 Å². The summed E-state index contributed by atoms with van der Waals surface area (Å²) in [6.07, 6.45) is 0.689. The van der Waals surface area contributed by atoms with Crippen LogP contribution in [-0.4, -0.2) is 21.2 Å². The molecule has 2 aromatic heterocycles. The number of thiophene rings is 1. The van der Waals surface area contributed by atoms with Crippen molar-refractivity contribution in [3.8, 4) is 0 Å². The molecular formula is C22H18FN3O2S2. The average molecular weight is 440 g/mol. The van der Waals surface area contributed by atoms with Crippen LogP contribution < -0.4 is 10.9 Å². The van der Waals surface area contributed by atoms with Crippen LogP contribution in [0.15, 0.2) is 76.0 Å². The number of rotatable bonds is 7. The maximum atomic E-state index is 13.0. The summed E-state index contributed by atoms with van der Waals surface area (Å²) in [5.74, 6) is -0.524. The Kier molecular flexibility index (Phi) is 6.25. The summed E-state index contributed by atoms with van der Waals surface area (Å²) in [7, 11) is 0. The van der Waals surface area contributed by atoms with Gasteiger partial charge in [0.1, 0.15) is 10.5 Å². The summed E-state index contributed by atoms with van der Waals surface area (Å²) in [5, 5.41) is 5.08. The van der Waals surface area contributed by atoms with Crippen molar-refractivity contribution in [3.63, 3.8) is 0 Å². The molecule has 0 bridgehead atoms. The highest BCUT2D eigenvalue weighted by Crippen LogP contribution is 2.21. The van der Waals surface area contributed by atoms with Crippen molar-refractivity contribution in [2.75, 3.05) is 11.1 Å². The second-order valence-corrected chi connectivity index (χ2v) is 8.42. The molecule has 1 N–H and O–H groups in total. The lowest BCUT2D eigenvalue weighted by Gasteiger charge is -2.12. The van der Waals surface area contributed by atoms with E-state index in [-0.39, 0.29) is 23.0 Å². The Balaban J connectivity index is 1.52. The van der Waals surface area contributed by atoms with Crippen molar-refractivity contribution in [1.82, 2.24) is 9.55 Å². The molecule has 0 spiro atoms. The number of thioether (sulfide) groups is 1. The number of hydrogen-bond donors (Lipinski definition) is 1. The van der Waals surface area contributed by atoms with Gasteiger partial charge in [0, 0.05) is 12.2 Å². The minimum absolute atomic E-state index is 0.0881. The molecule has 0 unspecified atom stereocenters. The molecule has 0 radical (unpaired) electrons. The summed E-state index contributed by atoms with van der Waals surface area (Å²) in [5.41, 5.74) is 2.19. The van der Waals surface area contributed by atoms with Gasteiger partial charge in [0.25, 0.3) is 5.56 Å². The van der Waals surface area contributed by atoms with E-state index in [9.17, 15) is 14.0 Å². The molecule has 0 fully saturated rings. The van der Waals surface area contributed by atoms with E-state index in [0.29, 0.717) is 34.0 Å². The van der Waals surface area contributed by atoms with Gasteiger partial charge in [0.05, 0.1) is 11.3 Å². The van der Waals surface area contributed by atoms with E-state index in [0.717, 1.165) is 5.56 Å². The van der Waals surface area contributed by atoms with Gasteiger partial charge in [0.15, 0.2) is 5.16 Å². The number of benzene rings is 2. The van der Waals surface area contributed by atoms with Gasteiger partial charge in [-0.3, -0.25) is 14.2 Å². The number of aromatic nitrogens is 2. The van der Waals surface area contributed by atoms with Gasteiger partial charge in [-0.05, 0) is 47.7 Å². The van der Waals surface area contributed by atoms with Crippen molar-refractivity contribution in [1.29, 1.82) is 0 Å². The number of hydrogen-bond acceptors (Lipinski definition) is 5. The first-order valence-corrected chi connectivity index (χ1v) is 11.2. The van der Waals surface area contributed by atoms with Gasteiger partial charge in [-0.15, -0.1) is 11.3 Å². The standard InChI is InChI=1S/C22H18FN3O2S2/c23-16-6-8-17(9-7-16)24-19(27)14-30-22-25-18-11-13-29-20(18)21(28)26(22)12-10-15-4-2-1-3-5-15/h1-9,11,13H,10,12,14H2,(H,24,27). The molecule has 4 aromatic rings. The normalized spacial score (nSPS) is 11.0. The number of fused-ring (bicyclic) bond motifs is 1. The quantitative estimate of drug-likeness (QED) is 0.338. The zero-order valence-electron chi connectivity index (χ0n) is 15.9. The van der Waals surface area contributed by atoms with E-state index in [1.807, 2.05) is 41.8 Å². The van der Waals surface area contributed by atoms with Gasteiger partial charge >= 0.3 is 0 Å². The SMILES string of the molecule is O=C(CSc1nc2ccsc2c(=O)n1CCc1ccccc1)Nc1ccc(F)cc1. The number of amides is 1. The maximum Gasteiger partial charge on any atom is 0.272 e. The van der Waals surface area contributed by atoms with Gasteiger partial charge in [-0.2, -0.15) is 0 Å². The fourth-order valence-corrected chi connectivity index (χ4v) is 4.58. The third-order valence-corrected chi connectivity index (χ3v) is 6.33. The van der Waals surface area contributed by atoms with Gasteiger partial charge < -0.3 is 5.32 Å². The van der Waals surface area contributed by atoms with Crippen molar-refractivity contribution in [3.05, 3.63) is 87.8 Å². The first-order valence-electron chi connectivity index (χ1n) is 9.30. The molecule has 0 atom stereocenters. The zero-order chi connectivity index (χ0) is 20.9. The molecular weight excluding hydrogens is 421 g/mol. The fraction of sp³-hybridized carbons (Fsp3) is 0.136. The maximum absolute atomic E-state index is 13.0. The van der Waals surface area contributed by atoms with Crippen LogP contribution in [0.25, 0.3) is 10.2 Å². The third-order valence-electron chi connectivity index (χ3n) is 4.46. The molecule has 8 heteroatoms. The van der Waals surface area contributed by atoms with E-state index < -0.39 is 0 Å². The highest BCUT2D eigenvalue weighted by Gasteiger charge is 2.14. The predicted octanol–water partition coefficient (Wildman–Crippen LogP) is 4.57. The largest absolute Gasteiger partial charge is 0.325 e. The molecule has 0 aliphatic carbocycles. The summed E-state index contributed by atoms with van der Waals surface area (Å²) in [4.78, 5) is 29.9. The van der Waals surface area contributed by atoms with Crippen LogP contribution in [0.3, 0.4) is 0 Å². The van der Waals surface area contributed by atoms with Crippen molar-refractivity contribution >= 4 is 44.9 Å². The van der Waals surface area contributed by atoms with Crippen LogP contribution in [0.1, 0.15) is 5.56 Å². The second-order valence-electron chi connectivity index (χ2n) is 6.57. The number of halogens is 1. The lowest BCUT2D eigenvalue weighted by Crippen LogP contribution is -2.24. The molecule has 0 aliphatic heterocycles. The molecule has 0 saturated carbocycles. The molecule has 5 nitrogen and oxygen atoms in total. The van der Waals surface area contributed by atoms with Crippen LogP contribution in [0.2, 0.25) is 0 Å². The number of anilines is 1. The number of carbonyl (C=O) groups excluding carboxylic acids is 1. The molecule has 2 aromatic carbocycles. The minimum atomic E-state index is -0.363. The lowest BCUT2D eigenvalue weighted by molar-refractivity contribution is -0.113. The Labute approximate surface area is 180 Å². The lowest BCUT2D eigenvalue weighted by atomic mass is 10.1. The summed E-state index contributed by atoms with van der Waals surface area (Å²) >= 11 is 2.59. The summed E-state index contributed by atoms with van der Waals surface area (Å²) < 4.78 is 15.3. The minimum Gasteiger partial charge on any atom is -0.325 e. The van der Waals surface area contributed by atoms with Crippen LogP contribution in [0.5, 0.6) is 0 Å². The van der Waals surface area contributed by atoms with Gasteiger partial charge in [0.2, 0.25) is 5.91 Å². The van der Waals surface area contributed by atoms with E-state index >= 15 is 0 Å². The summed E-state index contributed by atoms with van der Waals surface area (Å²) in [6.45, 7) is 0.478. The fourth-order valence-electron chi connectivity index (χ4n) is 2.98. The van der Waals surface area contributed by atoms with Gasteiger partial charge in [-0.1, -0.05) is 42.1 Å². The smallest absolute Gasteiger partial charge is 0.272 e. The number of carbonyl (C=O) groups is 1. The monoisotopic (exact) mass is 439 g/mol. The molecule has 152 valence electrons. The van der Waals surface area contributed by atoms with Gasteiger partial charge in [-0.25, -0.2) is 9.37 Å². The Bertz CT molecular complexity index is 1220. The Hall–Kier alpha value is -2.97. The molecule has 1 amide bonds. The van der Waals surface area contributed by atoms with Crippen molar-refractivity contribution in [2.24, 2.45) is 0 Å². The Morgan fingerprint density at radius 3 is 2.63 bits per heavy atom. The zero-order valence-corrected chi connectivity index (χ0v) is 17.5. The van der Waals surface area contributed by atoms with Crippen molar-refractivity contribution in [2.45, 2.75) is 18.1 Å². The first-order chi connectivity index (χ1) is 14.6. The molecule has 2 heterocycles. The van der Waals surface area contributed by atoms with Crippen molar-refractivity contribution < 1.29 is 9.18 Å². The predicted molar refractivity (Wildman–Crippen MR) is 120 cm³/mol. The average Bonchev–Trinajstić information content (AvgIpc) is 3.23. The molecule has 30 heavy (non-hydrogen) atoms. The van der Waals surface area contributed by atoms with E-state index in [1.165, 1.54) is 47.4 Å². The molecule has 0 aliphatic rings. The highest BCUT2D eigenvalue weighted by atomic mass is 32.2. The molecule has 0 saturated heterocycles. The second kappa shape index (κ2) is 9.23. The Morgan fingerprint density at radius 2 is 1.87 bits per heavy atom.